The Balaban J connectivity index is 1.58. The second-order valence-electron chi connectivity index (χ2n) is 5.86. The van der Waals surface area contributed by atoms with Crippen LogP contribution in [0.25, 0.3) is 0 Å². The average molecular weight is 364 g/mol. The second kappa shape index (κ2) is 8.18. The Labute approximate surface area is 155 Å². The molecule has 6 nitrogen and oxygen atoms in total. The first kappa shape index (κ1) is 18.2. The highest BCUT2D eigenvalue weighted by atomic mass is 19.1. The summed E-state index contributed by atoms with van der Waals surface area (Å²) in [6.45, 7) is 1.78. The maximum absolute atomic E-state index is 12.9. The molecule has 0 atom stereocenters. The fourth-order valence-corrected chi connectivity index (χ4v) is 2.31. The molecule has 1 amide bonds. The number of halogens is 1. The van der Waals surface area contributed by atoms with Gasteiger partial charge in [0.15, 0.2) is 5.78 Å². The van der Waals surface area contributed by atoms with Crippen LogP contribution in [0.4, 0.5) is 16.0 Å². The molecular formula is C20H17FN4O2. The van der Waals surface area contributed by atoms with Crippen molar-refractivity contribution < 1.29 is 14.0 Å². The third kappa shape index (κ3) is 4.94. The molecule has 3 aromatic rings. The molecule has 2 aromatic carbocycles. The van der Waals surface area contributed by atoms with Crippen LogP contribution in [0.2, 0.25) is 0 Å². The number of nitrogens with zero attached hydrogens (tertiary/aromatic N) is 2. The number of anilines is 2. The maximum Gasteiger partial charge on any atom is 0.254 e. The highest BCUT2D eigenvalue weighted by Crippen LogP contribution is 2.14. The van der Waals surface area contributed by atoms with Crippen molar-refractivity contribution in [3.8, 4) is 0 Å². The Morgan fingerprint density at radius 2 is 1.56 bits per heavy atom. The summed E-state index contributed by atoms with van der Waals surface area (Å²) in [7, 11) is 0. The van der Waals surface area contributed by atoms with E-state index in [1.807, 2.05) is 0 Å². The summed E-state index contributed by atoms with van der Waals surface area (Å²) in [5.41, 5.74) is 2.45. The number of carbonyl (C=O) groups is 2. The predicted molar refractivity (Wildman–Crippen MR) is 99.3 cm³/mol. The normalized spacial score (nSPS) is 10.3. The van der Waals surface area contributed by atoms with Crippen LogP contribution in [-0.4, -0.2) is 21.7 Å². The summed E-state index contributed by atoms with van der Waals surface area (Å²) in [5, 5.41) is 5.73. The lowest BCUT2D eigenvalue weighted by Crippen LogP contribution is -2.23. The lowest BCUT2D eigenvalue weighted by atomic mass is 10.1. The molecule has 0 aliphatic heterocycles. The number of hydrogen-bond acceptors (Lipinski definition) is 5. The topological polar surface area (TPSA) is 84.0 Å². The molecular weight excluding hydrogens is 347 g/mol. The van der Waals surface area contributed by atoms with Gasteiger partial charge in [-0.3, -0.25) is 9.59 Å². The van der Waals surface area contributed by atoms with E-state index in [1.54, 1.807) is 36.4 Å². The van der Waals surface area contributed by atoms with Gasteiger partial charge in [0, 0.05) is 30.2 Å². The third-order valence-corrected chi connectivity index (χ3v) is 3.83. The van der Waals surface area contributed by atoms with Crippen molar-refractivity contribution in [3.63, 3.8) is 0 Å². The predicted octanol–water partition coefficient (Wildman–Crippen LogP) is 3.49. The lowest BCUT2D eigenvalue weighted by molar-refractivity contribution is 0.0949. The highest BCUT2D eigenvalue weighted by Gasteiger charge is 2.08. The molecule has 27 heavy (non-hydrogen) atoms. The standard InChI is InChI=1S/C20H17FN4O2/c1-13(26)15-4-8-18(9-5-15)25-20-23-11-16(12-24-20)19(27)22-10-14-2-6-17(21)7-3-14/h2-9,11-12H,10H2,1H3,(H,22,27)(H,23,24,25). The minimum Gasteiger partial charge on any atom is -0.348 e. The first-order valence-electron chi connectivity index (χ1n) is 8.24. The van der Waals surface area contributed by atoms with Crippen molar-refractivity contribution >= 4 is 23.3 Å². The van der Waals surface area contributed by atoms with E-state index < -0.39 is 0 Å². The van der Waals surface area contributed by atoms with Gasteiger partial charge in [-0.2, -0.15) is 0 Å². The van der Waals surface area contributed by atoms with E-state index in [1.165, 1.54) is 31.5 Å². The van der Waals surface area contributed by atoms with E-state index in [0.29, 0.717) is 17.1 Å². The number of rotatable bonds is 6. The van der Waals surface area contributed by atoms with Gasteiger partial charge in [0.05, 0.1) is 5.56 Å². The van der Waals surface area contributed by atoms with Crippen molar-refractivity contribution in [2.24, 2.45) is 0 Å². The molecule has 0 aliphatic carbocycles. The zero-order valence-electron chi connectivity index (χ0n) is 14.6. The molecule has 0 fully saturated rings. The van der Waals surface area contributed by atoms with Gasteiger partial charge in [-0.05, 0) is 48.9 Å². The summed E-state index contributed by atoms with van der Waals surface area (Å²) in [5.74, 6) is -0.316. The summed E-state index contributed by atoms with van der Waals surface area (Å²) in [6.07, 6.45) is 2.83. The molecule has 0 unspecified atom stereocenters. The van der Waals surface area contributed by atoms with Crippen LogP contribution >= 0.6 is 0 Å². The molecule has 0 saturated heterocycles. The molecule has 0 radical (unpaired) electrons. The number of aromatic nitrogens is 2. The van der Waals surface area contributed by atoms with Crippen LogP contribution in [-0.2, 0) is 6.54 Å². The van der Waals surface area contributed by atoms with E-state index in [-0.39, 0.29) is 24.1 Å². The summed E-state index contributed by atoms with van der Waals surface area (Å²) in [6, 6.07) is 12.8. The minimum atomic E-state index is -0.323. The van der Waals surface area contributed by atoms with Gasteiger partial charge in [-0.1, -0.05) is 12.1 Å². The van der Waals surface area contributed by atoms with Crippen LogP contribution in [0.5, 0.6) is 0 Å². The van der Waals surface area contributed by atoms with Crippen LogP contribution in [0.3, 0.4) is 0 Å². The number of carbonyl (C=O) groups excluding carboxylic acids is 2. The van der Waals surface area contributed by atoms with Gasteiger partial charge in [0.1, 0.15) is 5.82 Å². The fraction of sp³-hybridized carbons (Fsp3) is 0.100. The number of Topliss-reactive ketones (excluding diaryl/α,β-unsaturated/α-hetero) is 1. The molecule has 0 spiro atoms. The minimum absolute atomic E-state index is 0.00574. The Morgan fingerprint density at radius 1 is 0.926 bits per heavy atom. The van der Waals surface area contributed by atoms with E-state index in [0.717, 1.165) is 11.3 Å². The van der Waals surface area contributed by atoms with Crippen molar-refractivity contribution in [2.45, 2.75) is 13.5 Å². The van der Waals surface area contributed by atoms with Crippen LogP contribution in [0.1, 0.15) is 33.2 Å². The number of nitrogens with one attached hydrogen (secondary N) is 2. The molecule has 7 heteroatoms. The fourth-order valence-electron chi connectivity index (χ4n) is 2.31. The third-order valence-electron chi connectivity index (χ3n) is 3.83. The Morgan fingerprint density at radius 3 is 2.15 bits per heavy atom. The summed E-state index contributed by atoms with van der Waals surface area (Å²) < 4.78 is 12.9. The largest absolute Gasteiger partial charge is 0.348 e. The number of benzene rings is 2. The molecule has 2 N–H and O–H groups in total. The highest BCUT2D eigenvalue weighted by molar-refractivity contribution is 5.94. The van der Waals surface area contributed by atoms with Crippen molar-refractivity contribution in [2.75, 3.05) is 5.32 Å². The Hall–Kier alpha value is -3.61. The summed E-state index contributed by atoms with van der Waals surface area (Å²) in [4.78, 5) is 31.7. The summed E-state index contributed by atoms with van der Waals surface area (Å²) >= 11 is 0. The van der Waals surface area contributed by atoms with Gasteiger partial charge in [0.2, 0.25) is 5.95 Å². The van der Waals surface area contributed by atoms with Crippen LogP contribution in [0.15, 0.2) is 60.9 Å². The zero-order chi connectivity index (χ0) is 19.2. The molecule has 1 aromatic heterocycles. The van der Waals surface area contributed by atoms with E-state index in [2.05, 4.69) is 20.6 Å². The van der Waals surface area contributed by atoms with Gasteiger partial charge >= 0.3 is 0 Å². The average Bonchev–Trinajstić information content (AvgIpc) is 2.68. The number of hydrogen-bond donors (Lipinski definition) is 2. The van der Waals surface area contributed by atoms with Crippen molar-refractivity contribution in [3.05, 3.63) is 83.4 Å². The van der Waals surface area contributed by atoms with Gasteiger partial charge in [-0.15, -0.1) is 0 Å². The first-order chi connectivity index (χ1) is 13.0. The lowest BCUT2D eigenvalue weighted by Gasteiger charge is -2.07. The van der Waals surface area contributed by atoms with E-state index in [9.17, 15) is 14.0 Å². The van der Waals surface area contributed by atoms with E-state index in [4.69, 9.17) is 0 Å². The second-order valence-corrected chi connectivity index (χ2v) is 5.86. The van der Waals surface area contributed by atoms with Crippen molar-refractivity contribution in [1.82, 2.24) is 15.3 Å². The molecule has 0 saturated carbocycles. The van der Waals surface area contributed by atoms with Crippen LogP contribution in [0, 0.1) is 5.82 Å². The van der Waals surface area contributed by atoms with E-state index >= 15 is 0 Å². The maximum atomic E-state index is 12.9. The molecule has 136 valence electrons. The van der Waals surface area contributed by atoms with Crippen molar-refractivity contribution in [1.29, 1.82) is 0 Å². The van der Waals surface area contributed by atoms with Gasteiger partial charge in [0.25, 0.3) is 5.91 Å². The monoisotopic (exact) mass is 364 g/mol. The van der Waals surface area contributed by atoms with Gasteiger partial charge < -0.3 is 10.6 Å². The molecule has 1 heterocycles. The smallest absolute Gasteiger partial charge is 0.254 e. The first-order valence-corrected chi connectivity index (χ1v) is 8.24. The zero-order valence-corrected chi connectivity index (χ0v) is 14.6. The quantitative estimate of drug-likeness (QED) is 0.654. The number of ketones is 1. The van der Waals surface area contributed by atoms with Crippen LogP contribution < -0.4 is 10.6 Å². The Kier molecular flexibility index (Phi) is 5.51. The molecule has 0 bridgehead atoms. The SMILES string of the molecule is CC(=O)c1ccc(Nc2ncc(C(=O)NCc3ccc(F)cc3)cn2)cc1. The molecule has 3 rings (SSSR count). The molecule has 0 aliphatic rings. The van der Waals surface area contributed by atoms with Gasteiger partial charge in [-0.25, -0.2) is 14.4 Å². The number of amides is 1. The Bertz CT molecular complexity index is 939.